The summed E-state index contributed by atoms with van der Waals surface area (Å²) < 4.78 is 61.5. The molecule has 0 aromatic carbocycles. The van der Waals surface area contributed by atoms with E-state index in [0.717, 1.165) is 17.3 Å². The third-order valence-corrected chi connectivity index (χ3v) is 11.3. The van der Waals surface area contributed by atoms with E-state index >= 15 is 0 Å². The summed E-state index contributed by atoms with van der Waals surface area (Å²) in [6.45, 7) is 1.50. The SMILES string of the molecule is CCC(O)=CC(=O)C12N=CN=C(N)C1=NCN2[C@@H]1O[C@H](COP(=O)(O)OP(=O)(O)OCC(C)(C)[C@@H](O)C(=O)NCCC(=O)NCCS)[C@@H](OP(=O)(O)O)[C@H]1O. The molecule has 2 amide bonds. The highest BCUT2D eigenvalue weighted by Gasteiger charge is 2.61. The van der Waals surface area contributed by atoms with Crippen LogP contribution in [0.25, 0.3) is 0 Å². The van der Waals surface area contributed by atoms with Crippen LogP contribution in [0.2, 0.25) is 0 Å². The molecule has 29 heteroatoms. The monoisotopic (exact) mass is 867 g/mol. The van der Waals surface area contributed by atoms with E-state index in [9.17, 15) is 63.0 Å². The van der Waals surface area contributed by atoms with Crippen LogP contribution in [-0.2, 0) is 50.7 Å². The lowest BCUT2D eigenvalue weighted by atomic mass is 9.87. The standard InChI is InChI=1S/C26H44N7O18P3S/c1-4-14(34)9-16(35)26-20(22(27)30-12-32-26)31-13-33(26)24-18(37)19(50-52(40,41)42)15(49-24)10-47-53(43,44)51-54(45,46)48-11-25(2,3)21(38)23(39)29-6-5-17(36)28-7-8-55/h9,12,15,18-19,21,24,34,37-38,55H,4-8,10-11,13H2,1-3H3,(H,28,36)(H,29,39)(H,43,44)(H,45,46)(H2,27,30,32)(H2,40,41,42)/t15-,18-,19-,21+,24-,26?/m1/s1. The highest BCUT2D eigenvalue weighted by Crippen LogP contribution is 2.61. The Labute approximate surface area is 318 Å². The van der Waals surface area contributed by atoms with Crippen LogP contribution in [0.15, 0.2) is 26.8 Å². The molecule has 1 fully saturated rings. The van der Waals surface area contributed by atoms with Gasteiger partial charge in [0.05, 0.1) is 25.6 Å². The average Bonchev–Trinajstić information content (AvgIpc) is 3.62. The number of amides is 2. The van der Waals surface area contributed by atoms with E-state index in [4.69, 9.17) is 19.5 Å². The van der Waals surface area contributed by atoms with Gasteiger partial charge >= 0.3 is 23.5 Å². The van der Waals surface area contributed by atoms with Gasteiger partial charge in [-0.25, -0.2) is 28.6 Å². The first-order valence-corrected chi connectivity index (χ1v) is 21.2. The van der Waals surface area contributed by atoms with Gasteiger partial charge in [0, 0.05) is 43.2 Å². The molecule has 8 atom stereocenters. The number of phosphoric ester groups is 3. The number of nitrogens with zero attached hydrogens (tertiary/aromatic N) is 4. The number of aliphatic hydroxyl groups excluding tert-OH is 3. The van der Waals surface area contributed by atoms with Crippen molar-refractivity contribution in [2.75, 3.05) is 38.7 Å². The molecule has 3 aliphatic heterocycles. The number of ether oxygens (including phenoxy) is 1. The molecule has 0 bridgehead atoms. The van der Waals surface area contributed by atoms with E-state index in [0.29, 0.717) is 12.3 Å². The summed E-state index contributed by atoms with van der Waals surface area (Å²) in [6, 6.07) is 0. The number of fused-ring (bicyclic) bond motifs is 1. The van der Waals surface area contributed by atoms with Gasteiger partial charge in [0.2, 0.25) is 23.3 Å². The van der Waals surface area contributed by atoms with E-state index in [1.165, 1.54) is 20.8 Å². The van der Waals surface area contributed by atoms with Crippen molar-refractivity contribution in [2.45, 2.75) is 69.9 Å². The molecule has 25 nitrogen and oxygen atoms in total. The van der Waals surface area contributed by atoms with E-state index in [1.807, 2.05) is 0 Å². The summed E-state index contributed by atoms with van der Waals surface area (Å²) in [5.41, 5.74) is 1.87. The number of aliphatic imine (C=N–C) groups is 3. The molecule has 55 heavy (non-hydrogen) atoms. The van der Waals surface area contributed by atoms with Crippen molar-refractivity contribution < 1.29 is 85.6 Å². The minimum atomic E-state index is -5.66. The molecule has 0 spiro atoms. The normalized spacial score (nSPS) is 27.3. The lowest BCUT2D eigenvalue weighted by molar-refractivity contribution is -0.140. The second-order valence-corrected chi connectivity index (χ2v) is 17.3. The van der Waals surface area contributed by atoms with Crippen molar-refractivity contribution in [2.24, 2.45) is 26.1 Å². The smallest absolute Gasteiger partial charge is 0.481 e. The number of hydrogen-bond acceptors (Lipinski definition) is 20. The number of allylic oxidation sites excluding steroid dienone is 1. The van der Waals surface area contributed by atoms with Gasteiger partial charge in [-0.2, -0.15) is 16.9 Å². The number of phosphoric acid groups is 3. The fourth-order valence-corrected chi connectivity index (χ4v) is 8.11. The number of carbonyl (C=O) groups is 3. The van der Waals surface area contributed by atoms with Crippen LogP contribution in [0.4, 0.5) is 0 Å². The lowest BCUT2D eigenvalue weighted by Gasteiger charge is -2.38. The number of nitrogens with two attached hydrogens (primary N) is 1. The fraction of sp³-hybridized carbons (Fsp3) is 0.692. The van der Waals surface area contributed by atoms with Gasteiger partial charge in [-0.05, 0) is 0 Å². The van der Waals surface area contributed by atoms with Crippen molar-refractivity contribution in [3.05, 3.63) is 11.8 Å². The topological polar surface area (TPSA) is 381 Å². The molecule has 3 aliphatic rings. The number of rotatable bonds is 21. The molecule has 1 saturated heterocycles. The van der Waals surface area contributed by atoms with Gasteiger partial charge in [-0.1, -0.05) is 20.8 Å². The van der Waals surface area contributed by atoms with Crippen LogP contribution in [0.1, 0.15) is 33.6 Å². The van der Waals surface area contributed by atoms with Crippen LogP contribution in [0.5, 0.6) is 0 Å². The number of amidine groups is 1. The van der Waals surface area contributed by atoms with Crippen molar-refractivity contribution in [3.8, 4) is 0 Å². The molecular weight excluding hydrogens is 823 g/mol. The Morgan fingerprint density at radius 3 is 2.44 bits per heavy atom. The summed E-state index contributed by atoms with van der Waals surface area (Å²) in [7, 11) is -16.7. The zero-order chi connectivity index (χ0) is 41.6. The quantitative estimate of drug-likeness (QED) is 0.0256. The molecule has 3 rings (SSSR count). The number of carbonyl (C=O) groups excluding carboxylic acids is 3. The molecule has 0 aromatic heterocycles. The molecule has 3 heterocycles. The second-order valence-electron chi connectivity index (χ2n) is 12.6. The Morgan fingerprint density at radius 2 is 1.82 bits per heavy atom. The first-order chi connectivity index (χ1) is 25.4. The number of thiol groups is 1. The zero-order valence-corrected chi connectivity index (χ0v) is 33.1. The predicted octanol–water partition coefficient (Wildman–Crippen LogP) is -2.03. The molecule has 3 unspecified atom stereocenters. The molecule has 0 aliphatic carbocycles. The highest BCUT2D eigenvalue weighted by molar-refractivity contribution is 7.80. The van der Waals surface area contributed by atoms with Gasteiger partial charge in [0.1, 0.15) is 42.7 Å². The Bertz CT molecular complexity index is 1730. The Balaban J connectivity index is 1.71. The molecule has 0 aromatic rings. The lowest BCUT2D eigenvalue weighted by Crippen LogP contribution is -2.63. The van der Waals surface area contributed by atoms with Crippen LogP contribution < -0.4 is 16.4 Å². The largest absolute Gasteiger partial charge is 0.512 e. The molecule has 0 saturated carbocycles. The predicted molar refractivity (Wildman–Crippen MR) is 191 cm³/mol. The highest BCUT2D eigenvalue weighted by atomic mass is 32.1. The summed E-state index contributed by atoms with van der Waals surface area (Å²) in [5, 5.41) is 36.6. The summed E-state index contributed by atoms with van der Waals surface area (Å²) >= 11 is 3.95. The van der Waals surface area contributed by atoms with Crippen LogP contribution >= 0.6 is 36.1 Å². The van der Waals surface area contributed by atoms with Crippen molar-refractivity contribution in [1.82, 2.24) is 15.5 Å². The molecular formula is C26H44N7O18P3S. The summed E-state index contributed by atoms with van der Waals surface area (Å²) in [6.07, 6.45) is -8.12. The minimum absolute atomic E-state index is 0.0215. The van der Waals surface area contributed by atoms with E-state index in [1.54, 1.807) is 0 Å². The maximum absolute atomic E-state index is 13.6. The summed E-state index contributed by atoms with van der Waals surface area (Å²) in [5.74, 6) is -2.56. The Morgan fingerprint density at radius 1 is 1.16 bits per heavy atom. The van der Waals surface area contributed by atoms with E-state index in [2.05, 4.69) is 47.1 Å². The molecule has 11 N–H and O–H groups in total. The van der Waals surface area contributed by atoms with Crippen molar-refractivity contribution in [3.63, 3.8) is 0 Å². The van der Waals surface area contributed by atoms with Crippen LogP contribution in [-0.4, -0.2) is 150 Å². The van der Waals surface area contributed by atoms with Gasteiger partial charge in [0.25, 0.3) is 0 Å². The second kappa shape index (κ2) is 18.9. The first kappa shape index (κ1) is 46.9. The summed E-state index contributed by atoms with van der Waals surface area (Å²) in [4.78, 5) is 90.3. The minimum Gasteiger partial charge on any atom is -0.512 e. The van der Waals surface area contributed by atoms with Crippen LogP contribution in [0, 0.1) is 5.41 Å². The van der Waals surface area contributed by atoms with Crippen molar-refractivity contribution in [1.29, 1.82) is 0 Å². The zero-order valence-electron chi connectivity index (χ0n) is 29.5. The maximum atomic E-state index is 13.6. The van der Waals surface area contributed by atoms with Gasteiger partial charge in [-0.15, -0.1) is 0 Å². The average molecular weight is 868 g/mol. The van der Waals surface area contributed by atoms with Crippen LogP contribution in [0.3, 0.4) is 0 Å². The van der Waals surface area contributed by atoms with E-state index < -0.39 is 103 Å². The maximum Gasteiger partial charge on any atom is 0.481 e. The number of aliphatic hydroxyl groups is 3. The van der Waals surface area contributed by atoms with Gasteiger partial charge in [-0.3, -0.25) is 32.9 Å². The number of nitrogens with one attached hydrogen (secondary N) is 2. The van der Waals surface area contributed by atoms with Crippen molar-refractivity contribution >= 4 is 71.6 Å². The fourth-order valence-electron chi connectivity index (χ4n) is 5.17. The number of ketones is 1. The van der Waals surface area contributed by atoms with Gasteiger partial charge in [0.15, 0.2) is 5.84 Å². The number of hydrogen-bond donors (Lipinski definition) is 11. The van der Waals surface area contributed by atoms with Gasteiger partial charge < -0.3 is 56.0 Å². The first-order valence-electron chi connectivity index (χ1n) is 16.1. The molecule has 312 valence electrons. The molecule has 0 radical (unpaired) electrons. The Kier molecular flexibility index (Phi) is 16.1. The third kappa shape index (κ3) is 12.3. The Hall–Kier alpha value is -2.48. The third-order valence-electron chi connectivity index (χ3n) is 7.97. The van der Waals surface area contributed by atoms with E-state index in [-0.39, 0.29) is 36.7 Å².